The van der Waals surface area contributed by atoms with E-state index in [1.807, 2.05) is 27.7 Å². The lowest BCUT2D eigenvalue weighted by Gasteiger charge is -2.36. The standard InChI is InChI=1S/C17H23N5O2/c1-11-19-15(24-21-11)17(5)6-8-22(9-7-17)13-12(10-18)20-14(23-13)16(2,3)4/h6-9H2,1-5H3. The molecule has 1 saturated heterocycles. The summed E-state index contributed by atoms with van der Waals surface area (Å²) in [6.45, 7) is 11.5. The highest BCUT2D eigenvalue weighted by molar-refractivity contribution is 5.49. The maximum atomic E-state index is 9.38. The third-order valence-corrected chi connectivity index (χ3v) is 4.55. The lowest BCUT2D eigenvalue weighted by atomic mass is 9.80. The van der Waals surface area contributed by atoms with E-state index in [1.165, 1.54) is 0 Å². The number of nitrogens with zero attached hydrogens (tertiary/aromatic N) is 5. The maximum Gasteiger partial charge on any atom is 0.234 e. The Morgan fingerprint density at radius 1 is 1.21 bits per heavy atom. The highest BCUT2D eigenvalue weighted by atomic mass is 16.5. The minimum atomic E-state index is -0.227. The van der Waals surface area contributed by atoms with Crippen molar-refractivity contribution in [3.63, 3.8) is 0 Å². The zero-order chi connectivity index (χ0) is 17.5. The second-order valence-corrected chi connectivity index (χ2v) is 7.73. The van der Waals surface area contributed by atoms with E-state index < -0.39 is 0 Å². The van der Waals surface area contributed by atoms with Gasteiger partial charge in [0.15, 0.2) is 5.82 Å². The first-order chi connectivity index (χ1) is 11.2. The number of aromatic nitrogens is 3. The number of nitriles is 1. The molecule has 0 N–H and O–H groups in total. The third-order valence-electron chi connectivity index (χ3n) is 4.55. The Morgan fingerprint density at radius 2 is 1.88 bits per heavy atom. The van der Waals surface area contributed by atoms with Crippen LogP contribution in [0, 0.1) is 18.3 Å². The number of oxazole rings is 1. The van der Waals surface area contributed by atoms with E-state index >= 15 is 0 Å². The number of piperidine rings is 1. The molecule has 3 rings (SSSR count). The van der Waals surface area contributed by atoms with Crippen LogP contribution in [-0.4, -0.2) is 28.2 Å². The molecule has 7 heteroatoms. The largest absolute Gasteiger partial charge is 0.423 e. The van der Waals surface area contributed by atoms with Crippen molar-refractivity contribution in [1.82, 2.24) is 15.1 Å². The quantitative estimate of drug-likeness (QED) is 0.835. The molecule has 0 aliphatic carbocycles. The van der Waals surface area contributed by atoms with Gasteiger partial charge in [0.25, 0.3) is 0 Å². The molecule has 7 nitrogen and oxygen atoms in total. The van der Waals surface area contributed by atoms with Crippen molar-refractivity contribution < 1.29 is 8.94 Å². The molecule has 0 unspecified atom stereocenters. The average molecular weight is 329 g/mol. The van der Waals surface area contributed by atoms with Gasteiger partial charge in [-0.25, -0.2) is 0 Å². The van der Waals surface area contributed by atoms with Gasteiger partial charge in [0.05, 0.1) is 5.41 Å². The first-order valence-electron chi connectivity index (χ1n) is 8.20. The molecule has 0 radical (unpaired) electrons. The summed E-state index contributed by atoms with van der Waals surface area (Å²) in [7, 11) is 0. The Balaban J connectivity index is 1.80. The Kier molecular flexibility index (Phi) is 3.86. The molecule has 24 heavy (non-hydrogen) atoms. The molecule has 3 heterocycles. The van der Waals surface area contributed by atoms with E-state index in [0.29, 0.717) is 29.2 Å². The predicted molar refractivity (Wildman–Crippen MR) is 87.8 cm³/mol. The van der Waals surface area contributed by atoms with Gasteiger partial charge in [0.2, 0.25) is 23.4 Å². The van der Waals surface area contributed by atoms with Crippen LogP contribution in [0.25, 0.3) is 0 Å². The van der Waals surface area contributed by atoms with Gasteiger partial charge in [-0.1, -0.05) is 32.9 Å². The topological polar surface area (TPSA) is 92.0 Å². The highest BCUT2D eigenvalue weighted by Crippen LogP contribution is 2.37. The van der Waals surface area contributed by atoms with Crippen molar-refractivity contribution in [2.24, 2.45) is 0 Å². The first kappa shape index (κ1) is 16.5. The molecule has 2 aromatic heterocycles. The Morgan fingerprint density at radius 3 is 2.38 bits per heavy atom. The van der Waals surface area contributed by atoms with Gasteiger partial charge in [0, 0.05) is 18.5 Å². The summed E-state index contributed by atoms with van der Waals surface area (Å²) < 4.78 is 11.3. The van der Waals surface area contributed by atoms with Gasteiger partial charge in [-0.3, -0.25) is 0 Å². The number of anilines is 1. The van der Waals surface area contributed by atoms with Crippen LogP contribution in [0.5, 0.6) is 0 Å². The molecule has 1 fully saturated rings. The molecule has 128 valence electrons. The first-order valence-corrected chi connectivity index (χ1v) is 8.20. The number of rotatable bonds is 2. The number of aryl methyl sites for hydroxylation is 1. The fourth-order valence-corrected chi connectivity index (χ4v) is 2.88. The molecule has 0 saturated carbocycles. The third kappa shape index (κ3) is 2.88. The summed E-state index contributed by atoms with van der Waals surface area (Å²) in [6.07, 6.45) is 1.70. The van der Waals surface area contributed by atoms with Crippen LogP contribution >= 0.6 is 0 Å². The Hall–Kier alpha value is -2.36. The molecule has 1 aliphatic rings. The summed E-state index contributed by atoms with van der Waals surface area (Å²) >= 11 is 0. The van der Waals surface area contributed by atoms with E-state index in [9.17, 15) is 5.26 Å². The van der Waals surface area contributed by atoms with Crippen LogP contribution in [0.3, 0.4) is 0 Å². The van der Waals surface area contributed by atoms with Gasteiger partial charge >= 0.3 is 0 Å². The van der Waals surface area contributed by atoms with Gasteiger partial charge in [-0.15, -0.1) is 0 Å². The second-order valence-electron chi connectivity index (χ2n) is 7.73. The fourth-order valence-electron chi connectivity index (χ4n) is 2.88. The zero-order valence-corrected chi connectivity index (χ0v) is 14.9. The van der Waals surface area contributed by atoms with E-state index in [-0.39, 0.29) is 10.8 Å². The Bertz CT molecular complexity index is 770. The van der Waals surface area contributed by atoms with Crippen molar-refractivity contribution in [3.8, 4) is 6.07 Å². The minimum Gasteiger partial charge on any atom is -0.423 e. The van der Waals surface area contributed by atoms with Gasteiger partial charge in [-0.2, -0.15) is 15.2 Å². The van der Waals surface area contributed by atoms with E-state index in [2.05, 4.69) is 33.0 Å². The molecule has 0 bridgehead atoms. The van der Waals surface area contributed by atoms with Crippen LogP contribution in [0.1, 0.15) is 63.8 Å². The van der Waals surface area contributed by atoms with Crippen LogP contribution < -0.4 is 4.90 Å². The van der Waals surface area contributed by atoms with Crippen molar-refractivity contribution in [1.29, 1.82) is 5.26 Å². The molecule has 0 amide bonds. The van der Waals surface area contributed by atoms with Crippen LogP contribution in [0.4, 0.5) is 5.88 Å². The van der Waals surface area contributed by atoms with E-state index in [0.717, 1.165) is 25.9 Å². The molecular weight excluding hydrogens is 306 g/mol. The van der Waals surface area contributed by atoms with Crippen molar-refractivity contribution in [3.05, 3.63) is 23.3 Å². The minimum absolute atomic E-state index is 0.141. The van der Waals surface area contributed by atoms with Crippen LogP contribution in [-0.2, 0) is 10.8 Å². The lowest BCUT2D eigenvalue weighted by Crippen LogP contribution is -2.41. The smallest absolute Gasteiger partial charge is 0.234 e. The van der Waals surface area contributed by atoms with Crippen LogP contribution in [0.15, 0.2) is 8.94 Å². The normalized spacial score (nSPS) is 17.8. The molecule has 0 atom stereocenters. The van der Waals surface area contributed by atoms with Crippen molar-refractivity contribution in [2.45, 2.75) is 58.3 Å². The van der Waals surface area contributed by atoms with Gasteiger partial charge < -0.3 is 13.8 Å². The molecule has 0 spiro atoms. The summed E-state index contributed by atoms with van der Waals surface area (Å²) in [5, 5.41) is 13.3. The van der Waals surface area contributed by atoms with Crippen molar-refractivity contribution in [2.75, 3.05) is 18.0 Å². The van der Waals surface area contributed by atoms with Gasteiger partial charge in [0.1, 0.15) is 6.07 Å². The van der Waals surface area contributed by atoms with Gasteiger partial charge in [-0.05, 0) is 19.8 Å². The molecule has 0 aromatic carbocycles. The highest BCUT2D eigenvalue weighted by Gasteiger charge is 2.38. The predicted octanol–water partition coefficient (Wildman–Crippen LogP) is 3.09. The Labute approximate surface area is 141 Å². The molecular formula is C17H23N5O2. The second kappa shape index (κ2) is 5.62. The summed E-state index contributed by atoms with van der Waals surface area (Å²) in [6, 6.07) is 2.15. The van der Waals surface area contributed by atoms with Crippen LogP contribution in [0.2, 0.25) is 0 Å². The van der Waals surface area contributed by atoms with Crippen molar-refractivity contribution >= 4 is 5.88 Å². The maximum absolute atomic E-state index is 9.38. The zero-order valence-electron chi connectivity index (χ0n) is 14.9. The van der Waals surface area contributed by atoms with E-state index in [4.69, 9.17) is 8.94 Å². The average Bonchev–Trinajstić information content (AvgIpc) is 3.14. The molecule has 2 aromatic rings. The summed E-state index contributed by atoms with van der Waals surface area (Å²) in [5.74, 6) is 2.51. The number of hydrogen-bond acceptors (Lipinski definition) is 7. The lowest BCUT2D eigenvalue weighted by molar-refractivity contribution is 0.248. The fraction of sp³-hybridized carbons (Fsp3) is 0.647. The monoisotopic (exact) mass is 329 g/mol. The number of hydrogen-bond donors (Lipinski definition) is 0. The summed E-state index contributed by atoms with van der Waals surface area (Å²) in [4.78, 5) is 10.8. The van der Waals surface area contributed by atoms with E-state index in [1.54, 1.807) is 0 Å². The summed E-state index contributed by atoms with van der Waals surface area (Å²) in [5.41, 5.74) is -0.00969. The SMILES string of the molecule is Cc1noc(C2(C)CCN(c3oc(C(C)(C)C)nc3C#N)CC2)n1. The molecule has 1 aliphatic heterocycles.